The number of nitrogens with one attached hydrogen (secondary N) is 1. The van der Waals surface area contributed by atoms with E-state index < -0.39 is 0 Å². The van der Waals surface area contributed by atoms with Gasteiger partial charge in [-0.05, 0) is 57.0 Å². The van der Waals surface area contributed by atoms with Gasteiger partial charge < -0.3 is 15.3 Å². The number of hydrogen-bond donors (Lipinski definition) is 2. The number of nitrogens with zero attached hydrogens (tertiary/aromatic N) is 1. The van der Waals surface area contributed by atoms with Crippen LogP contribution >= 0.6 is 0 Å². The highest BCUT2D eigenvalue weighted by molar-refractivity contribution is 5.03. The molecule has 0 amide bonds. The van der Waals surface area contributed by atoms with Crippen molar-refractivity contribution in [2.24, 2.45) is 11.8 Å². The molecule has 1 heterocycles. The summed E-state index contributed by atoms with van der Waals surface area (Å²) >= 11 is 0. The first-order valence-electron chi connectivity index (χ1n) is 8.70. The van der Waals surface area contributed by atoms with Crippen molar-refractivity contribution in [3.63, 3.8) is 0 Å². The summed E-state index contributed by atoms with van der Waals surface area (Å²) in [6, 6.07) is 0.443. The van der Waals surface area contributed by atoms with Gasteiger partial charge in [-0.3, -0.25) is 0 Å². The molecule has 3 nitrogen and oxygen atoms in total. The summed E-state index contributed by atoms with van der Waals surface area (Å²) < 4.78 is 0. The molecule has 0 aromatic carbocycles. The topological polar surface area (TPSA) is 35.5 Å². The van der Waals surface area contributed by atoms with Gasteiger partial charge in [-0.2, -0.15) is 0 Å². The zero-order chi connectivity index (χ0) is 14.6. The van der Waals surface area contributed by atoms with Crippen LogP contribution in [-0.4, -0.2) is 47.8 Å². The molecule has 20 heavy (non-hydrogen) atoms. The van der Waals surface area contributed by atoms with Crippen LogP contribution in [0.15, 0.2) is 0 Å². The minimum Gasteiger partial charge on any atom is -0.394 e. The van der Waals surface area contributed by atoms with Gasteiger partial charge in [0.25, 0.3) is 0 Å². The molecule has 2 unspecified atom stereocenters. The quantitative estimate of drug-likeness (QED) is 0.753. The van der Waals surface area contributed by atoms with Crippen molar-refractivity contribution >= 4 is 0 Å². The summed E-state index contributed by atoms with van der Waals surface area (Å²) in [6.45, 7) is 10.5. The minimum absolute atomic E-state index is 0.0553. The molecule has 1 aliphatic heterocycles. The lowest BCUT2D eigenvalue weighted by molar-refractivity contribution is 0.0843. The van der Waals surface area contributed by atoms with Gasteiger partial charge in [0.15, 0.2) is 0 Å². The summed E-state index contributed by atoms with van der Waals surface area (Å²) in [5.74, 6) is 1.60. The van der Waals surface area contributed by atoms with Crippen LogP contribution in [0, 0.1) is 11.8 Å². The summed E-state index contributed by atoms with van der Waals surface area (Å²) in [6.07, 6.45) is 7.94. The molecule has 0 aromatic rings. The van der Waals surface area contributed by atoms with Crippen molar-refractivity contribution in [1.82, 2.24) is 10.2 Å². The SMILES string of the molecule is CCC1CCCN(CC(CO)(NC(C)C)C2CC2)CC1. The Morgan fingerprint density at radius 2 is 1.95 bits per heavy atom. The molecule has 2 N–H and O–H groups in total. The second-order valence-electron chi connectivity index (χ2n) is 7.37. The minimum atomic E-state index is -0.0553. The Kier molecular flexibility index (Phi) is 5.88. The lowest BCUT2D eigenvalue weighted by Crippen LogP contribution is -2.60. The molecule has 3 heteroatoms. The zero-order valence-corrected chi connectivity index (χ0v) is 13.7. The predicted molar refractivity (Wildman–Crippen MR) is 84.9 cm³/mol. The highest BCUT2D eigenvalue weighted by atomic mass is 16.3. The summed E-state index contributed by atoms with van der Waals surface area (Å²) in [5, 5.41) is 13.8. The van der Waals surface area contributed by atoms with E-state index in [4.69, 9.17) is 0 Å². The van der Waals surface area contributed by atoms with Crippen LogP contribution in [0.5, 0.6) is 0 Å². The van der Waals surface area contributed by atoms with E-state index in [1.54, 1.807) is 0 Å². The van der Waals surface area contributed by atoms with Crippen LogP contribution in [-0.2, 0) is 0 Å². The Morgan fingerprint density at radius 3 is 2.50 bits per heavy atom. The molecule has 0 aromatic heterocycles. The normalized spacial score (nSPS) is 28.4. The van der Waals surface area contributed by atoms with E-state index in [1.165, 1.54) is 51.6 Å². The fourth-order valence-corrected chi connectivity index (χ4v) is 3.92. The van der Waals surface area contributed by atoms with E-state index in [-0.39, 0.29) is 12.1 Å². The molecule has 2 fully saturated rings. The average molecular weight is 282 g/mol. The fourth-order valence-electron chi connectivity index (χ4n) is 3.92. The van der Waals surface area contributed by atoms with Crippen molar-refractivity contribution in [2.45, 2.75) is 70.9 Å². The predicted octanol–water partition coefficient (Wildman–Crippen LogP) is 2.64. The third-order valence-electron chi connectivity index (χ3n) is 5.24. The van der Waals surface area contributed by atoms with E-state index in [0.29, 0.717) is 12.0 Å². The van der Waals surface area contributed by atoms with Gasteiger partial charge in [-0.25, -0.2) is 0 Å². The molecular formula is C17H34N2O. The van der Waals surface area contributed by atoms with Crippen LogP contribution in [0.4, 0.5) is 0 Å². The first-order chi connectivity index (χ1) is 9.59. The Hall–Kier alpha value is -0.120. The van der Waals surface area contributed by atoms with Crippen molar-refractivity contribution in [2.75, 3.05) is 26.2 Å². The fraction of sp³-hybridized carbons (Fsp3) is 1.00. The van der Waals surface area contributed by atoms with E-state index >= 15 is 0 Å². The molecule has 118 valence electrons. The molecule has 2 atom stereocenters. The maximum Gasteiger partial charge on any atom is 0.0628 e. The lowest BCUT2D eigenvalue weighted by atomic mass is 9.92. The highest BCUT2D eigenvalue weighted by Gasteiger charge is 2.46. The van der Waals surface area contributed by atoms with E-state index in [1.807, 2.05) is 0 Å². The van der Waals surface area contributed by atoms with Gasteiger partial charge in [0, 0.05) is 12.6 Å². The van der Waals surface area contributed by atoms with Gasteiger partial charge in [-0.15, -0.1) is 0 Å². The Morgan fingerprint density at radius 1 is 1.20 bits per heavy atom. The molecule has 1 saturated heterocycles. The lowest BCUT2D eigenvalue weighted by Gasteiger charge is -2.39. The summed E-state index contributed by atoms with van der Waals surface area (Å²) in [7, 11) is 0. The zero-order valence-electron chi connectivity index (χ0n) is 13.7. The molecule has 0 radical (unpaired) electrons. The first kappa shape index (κ1) is 16.3. The smallest absolute Gasteiger partial charge is 0.0628 e. The molecule has 2 rings (SSSR count). The maximum absolute atomic E-state index is 10.0. The van der Waals surface area contributed by atoms with Gasteiger partial charge >= 0.3 is 0 Å². The molecule has 0 bridgehead atoms. The molecule has 2 aliphatic rings. The first-order valence-corrected chi connectivity index (χ1v) is 8.70. The maximum atomic E-state index is 10.0. The van der Waals surface area contributed by atoms with Gasteiger partial charge in [0.2, 0.25) is 0 Å². The largest absolute Gasteiger partial charge is 0.394 e. The van der Waals surface area contributed by atoms with Crippen LogP contribution in [0.1, 0.15) is 59.3 Å². The molecule has 1 aliphatic carbocycles. The van der Waals surface area contributed by atoms with E-state index in [2.05, 4.69) is 31.0 Å². The molecule has 1 saturated carbocycles. The Labute approximate surface area is 125 Å². The van der Waals surface area contributed by atoms with Crippen LogP contribution in [0.2, 0.25) is 0 Å². The van der Waals surface area contributed by atoms with Crippen LogP contribution in [0.3, 0.4) is 0 Å². The van der Waals surface area contributed by atoms with Crippen LogP contribution in [0.25, 0.3) is 0 Å². The second-order valence-corrected chi connectivity index (χ2v) is 7.37. The monoisotopic (exact) mass is 282 g/mol. The molecule has 0 spiro atoms. The number of rotatable bonds is 7. The van der Waals surface area contributed by atoms with E-state index in [9.17, 15) is 5.11 Å². The standard InChI is InChI=1S/C17H34N2O/c1-4-15-6-5-10-19(11-9-15)12-17(13-20,16-7-8-16)18-14(2)3/h14-16,18,20H,4-13H2,1-3H3. The number of aliphatic hydroxyl groups excluding tert-OH is 1. The van der Waals surface area contributed by atoms with Gasteiger partial charge in [0.1, 0.15) is 0 Å². The Bertz CT molecular complexity index is 291. The van der Waals surface area contributed by atoms with Crippen LogP contribution < -0.4 is 5.32 Å². The number of hydrogen-bond acceptors (Lipinski definition) is 3. The van der Waals surface area contributed by atoms with Crippen molar-refractivity contribution in [3.05, 3.63) is 0 Å². The molecular weight excluding hydrogens is 248 g/mol. The third kappa shape index (κ3) is 4.19. The van der Waals surface area contributed by atoms with Crippen molar-refractivity contribution < 1.29 is 5.11 Å². The van der Waals surface area contributed by atoms with Gasteiger partial charge in [0.05, 0.1) is 12.1 Å². The highest BCUT2D eigenvalue weighted by Crippen LogP contribution is 2.40. The van der Waals surface area contributed by atoms with Gasteiger partial charge in [-0.1, -0.05) is 27.2 Å². The third-order valence-corrected chi connectivity index (χ3v) is 5.24. The number of aliphatic hydroxyl groups is 1. The van der Waals surface area contributed by atoms with Crippen molar-refractivity contribution in [3.8, 4) is 0 Å². The average Bonchev–Trinajstić information content (AvgIpc) is 3.25. The van der Waals surface area contributed by atoms with E-state index in [0.717, 1.165) is 12.5 Å². The second kappa shape index (κ2) is 7.24. The summed E-state index contributed by atoms with van der Waals surface area (Å²) in [5.41, 5.74) is -0.0553. The Balaban J connectivity index is 1.96. The van der Waals surface area contributed by atoms with Crippen molar-refractivity contribution in [1.29, 1.82) is 0 Å². The summed E-state index contributed by atoms with van der Waals surface area (Å²) in [4.78, 5) is 2.61. The number of likely N-dealkylation sites (tertiary alicyclic amines) is 1.